The van der Waals surface area contributed by atoms with E-state index in [4.69, 9.17) is 5.11 Å². The average Bonchev–Trinajstić information content (AvgIpc) is 2.86. The van der Waals surface area contributed by atoms with Crippen LogP contribution in [0.1, 0.15) is 29.4 Å². The Balaban J connectivity index is 1.89. The van der Waals surface area contributed by atoms with Crippen molar-refractivity contribution in [2.24, 2.45) is 0 Å². The Kier molecular flexibility index (Phi) is 4.52. The van der Waals surface area contributed by atoms with Crippen LogP contribution in [0, 0.1) is 0 Å². The molecule has 2 aromatic rings. The maximum atomic E-state index is 10.9. The molecule has 0 saturated carbocycles. The highest BCUT2D eigenvalue weighted by atomic mass is 32.1. The Bertz CT molecular complexity index is 539. The summed E-state index contributed by atoms with van der Waals surface area (Å²) in [6, 6.07) is 10.5. The lowest BCUT2D eigenvalue weighted by molar-refractivity contribution is 0.0692. The van der Waals surface area contributed by atoms with Crippen molar-refractivity contribution in [3.05, 3.63) is 47.1 Å². The van der Waals surface area contributed by atoms with Gasteiger partial charge in [-0.3, -0.25) is 0 Å². The predicted molar refractivity (Wildman–Crippen MR) is 76.9 cm³/mol. The summed E-state index contributed by atoms with van der Waals surface area (Å²) in [4.78, 5) is 14.8. The minimum absolute atomic E-state index is 0.108. The SMILES string of the molecule is CC(CCc1ccccc1)Nc1scnc1C(=O)O. The van der Waals surface area contributed by atoms with Gasteiger partial charge in [0.25, 0.3) is 0 Å². The zero-order valence-corrected chi connectivity index (χ0v) is 11.5. The van der Waals surface area contributed by atoms with Gasteiger partial charge in [-0.1, -0.05) is 30.3 Å². The van der Waals surface area contributed by atoms with Crippen molar-refractivity contribution in [1.82, 2.24) is 4.98 Å². The summed E-state index contributed by atoms with van der Waals surface area (Å²) >= 11 is 1.32. The molecular formula is C14H16N2O2S. The van der Waals surface area contributed by atoms with Gasteiger partial charge in [0.15, 0.2) is 5.69 Å². The number of benzene rings is 1. The second-order valence-electron chi connectivity index (χ2n) is 4.40. The summed E-state index contributed by atoms with van der Waals surface area (Å²) in [6.45, 7) is 2.05. The molecule has 0 bridgehead atoms. The van der Waals surface area contributed by atoms with E-state index in [-0.39, 0.29) is 11.7 Å². The molecule has 1 aromatic heterocycles. The molecule has 2 rings (SSSR count). The van der Waals surface area contributed by atoms with E-state index < -0.39 is 5.97 Å². The Morgan fingerprint density at radius 1 is 1.42 bits per heavy atom. The summed E-state index contributed by atoms with van der Waals surface area (Å²) in [6.07, 6.45) is 1.91. The van der Waals surface area contributed by atoms with E-state index in [9.17, 15) is 4.79 Å². The molecule has 0 fully saturated rings. The molecule has 1 aromatic carbocycles. The summed E-state index contributed by atoms with van der Waals surface area (Å²) in [5.74, 6) is -0.987. The summed E-state index contributed by atoms with van der Waals surface area (Å²) in [7, 11) is 0. The molecule has 0 aliphatic carbocycles. The van der Waals surface area contributed by atoms with Crippen molar-refractivity contribution in [1.29, 1.82) is 0 Å². The Labute approximate surface area is 116 Å². The monoisotopic (exact) mass is 276 g/mol. The molecule has 0 radical (unpaired) electrons. The molecule has 1 unspecified atom stereocenters. The molecule has 1 heterocycles. The largest absolute Gasteiger partial charge is 0.476 e. The van der Waals surface area contributed by atoms with Crippen LogP contribution in [0.5, 0.6) is 0 Å². The second kappa shape index (κ2) is 6.33. The first kappa shape index (κ1) is 13.5. The molecule has 1 atom stereocenters. The van der Waals surface area contributed by atoms with Crippen molar-refractivity contribution < 1.29 is 9.90 Å². The molecule has 0 aliphatic heterocycles. The van der Waals surface area contributed by atoms with Crippen LogP contribution in [0.4, 0.5) is 5.00 Å². The van der Waals surface area contributed by atoms with E-state index in [0.29, 0.717) is 5.00 Å². The van der Waals surface area contributed by atoms with Crippen molar-refractivity contribution in [3.8, 4) is 0 Å². The second-order valence-corrected chi connectivity index (χ2v) is 5.26. The van der Waals surface area contributed by atoms with Crippen LogP contribution in [-0.2, 0) is 6.42 Å². The maximum Gasteiger partial charge on any atom is 0.357 e. The Hall–Kier alpha value is -1.88. The lowest BCUT2D eigenvalue weighted by Crippen LogP contribution is -2.17. The van der Waals surface area contributed by atoms with Gasteiger partial charge in [-0.15, -0.1) is 11.3 Å². The van der Waals surface area contributed by atoms with Gasteiger partial charge in [-0.05, 0) is 25.3 Å². The zero-order valence-electron chi connectivity index (χ0n) is 10.7. The molecule has 2 N–H and O–H groups in total. The first-order chi connectivity index (χ1) is 9.16. The number of nitrogens with one attached hydrogen (secondary N) is 1. The maximum absolute atomic E-state index is 10.9. The molecule has 0 spiro atoms. The van der Waals surface area contributed by atoms with E-state index >= 15 is 0 Å². The number of rotatable bonds is 6. The lowest BCUT2D eigenvalue weighted by Gasteiger charge is -2.13. The third-order valence-electron chi connectivity index (χ3n) is 2.86. The van der Waals surface area contributed by atoms with Gasteiger partial charge in [-0.25, -0.2) is 9.78 Å². The third kappa shape index (κ3) is 3.79. The number of aryl methyl sites for hydroxylation is 1. The van der Waals surface area contributed by atoms with E-state index in [0.717, 1.165) is 12.8 Å². The highest BCUT2D eigenvalue weighted by molar-refractivity contribution is 7.14. The number of hydrogen-bond acceptors (Lipinski definition) is 4. The number of aromatic nitrogens is 1. The molecular weight excluding hydrogens is 260 g/mol. The van der Waals surface area contributed by atoms with Crippen molar-refractivity contribution >= 4 is 22.3 Å². The molecule has 5 heteroatoms. The van der Waals surface area contributed by atoms with Crippen molar-refractivity contribution in [2.45, 2.75) is 25.8 Å². The minimum atomic E-state index is -0.987. The molecule has 0 saturated heterocycles. The lowest BCUT2D eigenvalue weighted by atomic mass is 10.1. The predicted octanol–water partition coefficient (Wildman–Crippen LogP) is 3.27. The minimum Gasteiger partial charge on any atom is -0.476 e. The highest BCUT2D eigenvalue weighted by Crippen LogP contribution is 2.22. The quantitative estimate of drug-likeness (QED) is 0.850. The normalized spacial score (nSPS) is 12.1. The smallest absolute Gasteiger partial charge is 0.357 e. The number of thiazole rings is 1. The zero-order chi connectivity index (χ0) is 13.7. The van der Waals surface area contributed by atoms with Crippen LogP contribution in [0.3, 0.4) is 0 Å². The van der Waals surface area contributed by atoms with Crippen LogP contribution in [0.25, 0.3) is 0 Å². The van der Waals surface area contributed by atoms with Crippen LogP contribution in [0.15, 0.2) is 35.8 Å². The van der Waals surface area contributed by atoms with Gasteiger partial charge in [0.2, 0.25) is 0 Å². The Morgan fingerprint density at radius 3 is 2.84 bits per heavy atom. The number of hydrogen-bond donors (Lipinski definition) is 2. The van der Waals surface area contributed by atoms with Crippen LogP contribution in [0.2, 0.25) is 0 Å². The van der Waals surface area contributed by atoms with Gasteiger partial charge in [-0.2, -0.15) is 0 Å². The average molecular weight is 276 g/mol. The summed E-state index contributed by atoms with van der Waals surface area (Å²) in [5.41, 5.74) is 2.95. The molecule has 100 valence electrons. The highest BCUT2D eigenvalue weighted by Gasteiger charge is 2.15. The van der Waals surface area contributed by atoms with Gasteiger partial charge >= 0.3 is 5.97 Å². The van der Waals surface area contributed by atoms with E-state index in [1.165, 1.54) is 16.9 Å². The topological polar surface area (TPSA) is 62.2 Å². The van der Waals surface area contributed by atoms with Crippen LogP contribution < -0.4 is 5.32 Å². The number of anilines is 1. The molecule has 4 nitrogen and oxygen atoms in total. The number of nitrogens with zero attached hydrogens (tertiary/aromatic N) is 1. The van der Waals surface area contributed by atoms with Crippen molar-refractivity contribution in [3.63, 3.8) is 0 Å². The summed E-state index contributed by atoms with van der Waals surface area (Å²) < 4.78 is 0. The summed E-state index contributed by atoms with van der Waals surface area (Å²) in [5, 5.41) is 12.8. The fourth-order valence-corrected chi connectivity index (χ4v) is 2.61. The number of carboxylic acids is 1. The third-order valence-corrected chi connectivity index (χ3v) is 3.61. The molecule has 0 aliphatic rings. The van der Waals surface area contributed by atoms with Crippen molar-refractivity contribution in [2.75, 3.05) is 5.32 Å². The van der Waals surface area contributed by atoms with Gasteiger partial charge < -0.3 is 10.4 Å². The van der Waals surface area contributed by atoms with E-state index in [1.807, 2.05) is 25.1 Å². The fourth-order valence-electron chi connectivity index (χ4n) is 1.82. The van der Waals surface area contributed by atoms with E-state index in [2.05, 4.69) is 22.4 Å². The standard InChI is InChI=1S/C14H16N2O2S/c1-10(7-8-11-5-3-2-4-6-11)16-13-12(14(17)18)15-9-19-13/h2-6,9-10,16H,7-8H2,1H3,(H,17,18). The first-order valence-electron chi connectivity index (χ1n) is 6.14. The van der Waals surface area contributed by atoms with E-state index in [1.54, 1.807) is 5.51 Å². The van der Waals surface area contributed by atoms with Gasteiger partial charge in [0.05, 0.1) is 5.51 Å². The first-order valence-corrected chi connectivity index (χ1v) is 7.02. The van der Waals surface area contributed by atoms with Crippen LogP contribution >= 0.6 is 11.3 Å². The van der Waals surface area contributed by atoms with Crippen LogP contribution in [-0.4, -0.2) is 22.1 Å². The number of carboxylic acid groups (broad SMARTS) is 1. The van der Waals surface area contributed by atoms with Gasteiger partial charge in [0.1, 0.15) is 5.00 Å². The number of carbonyl (C=O) groups is 1. The Morgan fingerprint density at radius 2 is 2.16 bits per heavy atom. The number of aromatic carboxylic acids is 1. The fraction of sp³-hybridized carbons (Fsp3) is 0.286. The van der Waals surface area contributed by atoms with Gasteiger partial charge in [0, 0.05) is 6.04 Å². The molecule has 0 amide bonds. The molecule has 19 heavy (non-hydrogen) atoms.